The molecule has 0 radical (unpaired) electrons. The van der Waals surface area contributed by atoms with Gasteiger partial charge in [-0.05, 0) is 24.1 Å². The van der Waals surface area contributed by atoms with E-state index in [9.17, 15) is 9.18 Å². The first kappa shape index (κ1) is 20.1. The molecular formula is C14H22Cl2FN3O. The first-order valence-corrected chi connectivity index (χ1v) is 6.60. The summed E-state index contributed by atoms with van der Waals surface area (Å²) in [5.74, 6) is -0.239. The van der Waals surface area contributed by atoms with Crippen LogP contribution in [-0.4, -0.2) is 43.5 Å². The van der Waals surface area contributed by atoms with Crippen molar-refractivity contribution in [3.8, 4) is 0 Å². The van der Waals surface area contributed by atoms with Crippen LogP contribution < -0.4 is 10.6 Å². The second-order valence-electron chi connectivity index (χ2n) is 4.89. The number of halogens is 3. The van der Waals surface area contributed by atoms with Gasteiger partial charge in [-0.2, -0.15) is 0 Å². The van der Waals surface area contributed by atoms with E-state index >= 15 is 0 Å². The predicted octanol–water partition coefficient (Wildman–Crippen LogP) is 1.50. The molecule has 0 atom stereocenters. The van der Waals surface area contributed by atoms with E-state index in [1.165, 1.54) is 6.07 Å². The Labute approximate surface area is 137 Å². The number of piperazine rings is 1. The third kappa shape index (κ3) is 6.61. The fourth-order valence-corrected chi connectivity index (χ4v) is 2.08. The maximum absolute atomic E-state index is 13.3. The first-order valence-electron chi connectivity index (χ1n) is 6.60. The minimum absolute atomic E-state index is 0. The Hall–Kier alpha value is -0.880. The molecule has 0 bridgehead atoms. The van der Waals surface area contributed by atoms with Crippen molar-refractivity contribution in [3.63, 3.8) is 0 Å². The Morgan fingerprint density at radius 1 is 1.33 bits per heavy atom. The summed E-state index contributed by atoms with van der Waals surface area (Å²) in [6.45, 7) is 6.16. The second-order valence-corrected chi connectivity index (χ2v) is 4.89. The van der Waals surface area contributed by atoms with Gasteiger partial charge in [0, 0.05) is 32.7 Å². The van der Waals surface area contributed by atoms with Crippen LogP contribution in [0.25, 0.3) is 0 Å². The predicted molar refractivity (Wildman–Crippen MR) is 86.8 cm³/mol. The zero-order chi connectivity index (χ0) is 13.7. The highest BCUT2D eigenvalue weighted by molar-refractivity contribution is 5.85. The highest BCUT2D eigenvalue weighted by Gasteiger charge is 2.13. The normalized spacial score (nSPS) is 14.8. The van der Waals surface area contributed by atoms with Gasteiger partial charge < -0.3 is 10.6 Å². The number of benzene rings is 1. The number of nitrogens with one attached hydrogen (secondary N) is 2. The zero-order valence-corrected chi connectivity index (χ0v) is 13.7. The second kappa shape index (κ2) is 9.95. The lowest BCUT2D eigenvalue weighted by molar-refractivity contribution is -0.122. The van der Waals surface area contributed by atoms with Gasteiger partial charge in [0.15, 0.2) is 0 Å². The van der Waals surface area contributed by atoms with Crippen molar-refractivity contribution in [3.05, 3.63) is 35.1 Å². The Morgan fingerprint density at radius 2 is 2.00 bits per heavy atom. The van der Waals surface area contributed by atoms with Gasteiger partial charge in [0.2, 0.25) is 5.91 Å². The topological polar surface area (TPSA) is 44.4 Å². The average molecular weight is 338 g/mol. The maximum atomic E-state index is 13.3. The summed E-state index contributed by atoms with van der Waals surface area (Å²) in [4.78, 5) is 13.9. The molecule has 1 amide bonds. The average Bonchev–Trinajstić information content (AvgIpc) is 2.41. The Morgan fingerprint density at radius 3 is 2.62 bits per heavy atom. The molecule has 0 unspecified atom stereocenters. The molecule has 1 aromatic carbocycles. The molecule has 1 heterocycles. The molecule has 0 saturated carbocycles. The van der Waals surface area contributed by atoms with Gasteiger partial charge in [0.25, 0.3) is 0 Å². The maximum Gasteiger partial charge on any atom is 0.234 e. The fourth-order valence-electron chi connectivity index (χ4n) is 2.08. The van der Waals surface area contributed by atoms with Gasteiger partial charge in [0.05, 0.1) is 6.54 Å². The van der Waals surface area contributed by atoms with Gasteiger partial charge in [-0.1, -0.05) is 12.1 Å². The van der Waals surface area contributed by atoms with E-state index in [4.69, 9.17) is 0 Å². The molecule has 120 valence electrons. The molecular weight excluding hydrogens is 316 g/mol. The van der Waals surface area contributed by atoms with Crippen LogP contribution in [0.4, 0.5) is 4.39 Å². The van der Waals surface area contributed by atoms with Crippen molar-refractivity contribution in [2.45, 2.75) is 13.5 Å². The summed E-state index contributed by atoms with van der Waals surface area (Å²) >= 11 is 0. The Balaban J connectivity index is 0.00000200. The molecule has 1 saturated heterocycles. The smallest absolute Gasteiger partial charge is 0.234 e. The van der Waals surface area contributed by atoms with Crippen LogP contribution in [0.3, 0.4) is 0 Å². The van der Waals surface area contributed by atoms with Gasteiger partial charge in [-0.25, -0.2) is 4.39 Å². The third-order valence-corrected chi connectivity index (χ3v) is 3.30. The molecule has 2 N–H and O–H groups in total. The standard InChI is InChI=1S/C14H20FN3O.2ClH/c1-11-2-3-12(8-13(11)15)9-17-14(19)10-18-6-4-16-5-7-18;;/h2-3,8,16H,4-7,9-10H2,1H3,(H,17,19);2*1H. The van der Waals surface area contributed by atoms with Crippen molar-refractivity contribution >= 4 is 30.7 Å². The highest BCUT2D eigenvalue weighted by atomic mass is 35.5. The molecule has 2 rings (SSSR count). The lowest BCUT2D eigenvalue weighted by Gasteiger charge is -2.26. The highest BCUT2D eigenvalue weighted by Crippen LogP contribution is 2.08. The lowest BCUT2D eigenvalue weighted by atomic mass is 10.1. The number of rotatable bonds is 4. The van der Waals surface area contributed by atoms with Crippen molar-refractivity contribution in [2.24, 2.45) is 0 Å². The van der Waals surface area contributed by atoms with E-state index in [2.05, 4.69) is 15.5 Å². The number of carbonyl (C=O) groups is 1. The van der Waals surface area contributed by atoms with E-state index in [0.717, 1.165) is 31.7 Å². The van der Waals surface area contributed by atoms with Crippen LogP contribution in [0, 0.1) is 12.7 Å². The molecule has 1 aliphatic heterocycles. The molecule has 21 heavy (non-hydrogen) atoms. The van der Waals surface area contributed by atoms with Crippen molar-refractivity contribution in [1.29, 1.82) is 0 Å². The summed E-state index contributed by atoms with van der Waals surface area (Å²) in [5.41, 5.74) is 1.41. The van der Waals surface area contributed by atoms with Crippen LogP contribution in [-0.2, 0) is 11.3 Å². The van der Waals surface area contributed by atoms with Crippen molar-refractivity contribution in [2.75, 3.05) is 32.7 Å². The first-order chi connectivity index (χ1) is 9.15. The number of amides is 1. The van der Waals surface area contributed by atoms with Crippen molar-refractivity contribution < 1.29 is 9.18 Å². The number of hydrogen-bond donors (Lipinski definition) is 2. The minimum atomic E-state index is -0.228. The molecule has 7 heteroatoms. The van der Waals surface area contributed by atoms with Crippen LogP contribution >= 0.6 is 24.8 Å². The Kier molecular flexibility index (Phi) is 9.53. The molecule has 1 aliphatic rings. The van der Waals surface area contributed by atoms with E-state index in [1.807, 2.05) is 6.07 Å². The number of hydrogen-bond acceptors (Lipinski definition) is 3. The van der Waals surface area contributed by atoms with E-state index < -0.39 is 0 Å². The van der Waals surface area contributed by atoms with Crippen LogP contribution in [0.1, 0.15) is 11.1 Å². The third-order valence-electron chi connectivity index (χ3n) is 3.30. The van der Waals surface area contributed by atoms with E-state index in [0.29, 0.717) is 18.7 Å². The van der Waals surface area contributed by atoms with Crippen LogP contribution in [0.5, 0.6) is 0 Å². The summed E-state index contributed by atoms with van der Waals surface area (Å²) in [6, 6.07) is 5.04. The number of nitrogens with zero attached hydrogens (tertiary/aromatic N) is 1. The zero-order valence-electron chi connectivity index (χ0n) is 12.0. The monoisotopic (exact) mass is 337 g/mol. The lowest BCUT2D eigenvalue weighted by Crippen LogP contribution is -2.47. The van der Waals surface area contributed by atoms with Gasteiger partial charge >= 0.3 is 0 Å². The summed E-state index contributed by atoms with van der Waals surface area (Å²) < 4.78 is 13.3. The number of aryl methyl sites for hydroxylation is 1. The summed E-state index contributed by atoms with van der Waals surface area (Å²) in [5, 5.41) is 6.07. The molecule has 4 nitrogen and oxygen atoms in total. The van der Waals surface area contributed by atoms with Gasteiger partial charge in [0.1, 0.15) is 5.82 Å². The molecule has 1 fully saturated rings. The molecule has 0 spiro atoms. The van der Waals surface area contributed by atoms with Gasteiger partial charge in [-0.15, -0.1) is 24.8 Å². The largest absolute Gasteiger partial charge is 0.351 e. The van der Waals surface area contributed by atoms with Crippen LogP contribution in [0.15, 0.2) is 18.2 Å². The Bertz CT molecular complexity index is 454. The summed E-state index contributed by atoms with van der Waals surface area (Å²) in [6.07, 6.45) is 0. The van der Waals surface area contributed by atoms with Crippen molar-refractivity contribution in [1.82, 2.24) is 15.5 Å². The van der Waals surface area contributed by atoms with E-state index in [-0.39, 0.29) is 36.5 Å². The molecule has 1 aromatic rings. The SMILES string of the molecule is Cc1ccc(CNC(=O)CN2CCNCC2)cc1F.Cl.Cl. The number of carbonyl (C=O) groups excluding carboxylic acids is 1. The summed E-state index contributed by atoms with van der Waals surface area (Å²) in [7, 11) is 0. The molecule has 0 aliphatic carbocycles. The van der Waals surface area contributed by atoms with Crippen LogP contribution in [0.2, 0.25) is 0 Å². The van der Waals surface area contributed by atoms with E-state index in [1.54, 1.807) is 13.0 Å². The van der Waals surface area contributed by atoms with Gasteiger partial charge in [-0.3, -0.25) is 9.69 Å². The quantitative estimate of drug-likeness (QED) is 0.875. The molecule has 0 aromatic heterocycles. The fraction of sp³-hybridized carbons (Fsp3) is 0.500. The minimum Gasteiger partial charge on any atom is -0.351 e.